The molecule has 1 amide bonds. The third kappa shape index (κ3) is 3.87. The van der Waals surface area contributed by atoms with E-state index in [1.165, 1.54) is 0 Å². The standard InChI is InChI=1S/C15H21ClN2O2/c1-11(20-13-6-4-5-12(16)9-13)10-18-14(19)15(17)7-2-3-8-15/h4-6,9,11H,2-3,7-8,10,17H2,1H3,(H,18,19). The first-order valence-electron chi connectivity index (χ1n) is 6.99. The second-order valence-electron chi connectivity index (χ2n) is 5.46. The molecule has 0 saturated heterocycles. The Hall–Kier alpha value is -1.26. The Morgan fingerprint density at radius 1 is 1.50 bits per heavy atom. The fourth-order valence-electron chi connectivity index (χ4n) is 2.46. The first-order chi connectivity index (χ1) is 9.49. The van der Waals surface area contributed by atoms with E-state index in [0.717, 1.165) is 25.7 Å². The minimum atomic E-state index is -0.685. The van der Waals surface area contributed by atoms with Crippen LogP contribution in [0.25, 0.3) is 0 Å². The van der Waals surface area contributed by atoms with Crippen molar-refractivity contribution in [2.24, 2.45) is 5.73 Å². The summed E-state index contributed by atoms with van der Waals surface area (Å²) in [5.74, 6) is 0.624. The summed E-state index contributed by atoms with van der Waals surface area (Å²) in [6.45, 7) is 2.34. The van der Waals surface area contributed by atoms with Gasteiger partial charge in [0, 0.05) is 5.02 Å². The molecule has 0 spiro atoms. The van der Waals surface area contributed by atoms with Crippen molar-refractivity contribution in [3.63, 3.8) is 0 Å². The molecule has 20 heavy (non-hydrogen) atoms. The predicted molar refractivity (Wildman–Crippen MR) is 79.9 cm³/mol. The molecule has 0 aromatic heterocycles. The molecule has 1 aliphatic carbocycles. The van der Waals surface area contributed by atoms with E-state index >= 15 is 0 Å². The van der Waals surface area contributed by atoms with E-state index in [-0.39, 0.29) is 12.0 Å². The van der Waals surface area contributed by atoms with E-state index < -0.39 is 5.54 Å². The van der Waals surface area contributed by atoms with E-state index in [1.807, 2.05) is 19.1 Å². The summed E-state index contributed by atoms with van der Waals surface area (Å²) >= 11 is 5.89. The van der Waals surface area contributed by atoms with Crippen LogP contribution in [0.2, 0.25) is 5.02 Å². The van der Waals surface area contributed by atoms with Gasteiger partial charge in [-0.05, 0) is 38.0 Å². The van der Waals surface area contributed by atoms with Crippen LogP contribution in [0, 0.1) is 0 Å². The van der Waals surface area contributed by atoms with Crippen molar-refractivity contribution >= 4 is 17.5 Å². The molecule has 3 N–H and O–H groups in total. The molecule has 4 nitrogen and oxygen atoms in total. The van der Waals surface area contributed by atoms with Gasteiger partial charge in [-0.15, -0.1) is 0 Å². The van der Waals surface area contributed by atoms with Gasteiger partial charge in [0.05, 0.1) is 12.1 Å². The first kappa shape index (κ1) is 15.1. The van der Waals surface area contributed by atoms with Gasteiger partial charge in [-0.3, -0.25) is 4.79 Å². The Labute approximate surface area is 124 Å². The van der Waals surface area contributed by atoms with Crippen molar-refractivity contribution in [1.82, 2.24) is 5.32 Å². The summed E-state index contributed by atoms with van der Waals surface area (Å²) in [4.78, 5) is 12.1. The molecule has 1 saturated carbocycles. The zero-order chi connectivity index (χ0) is 14.6. The van der Waals surface area contributed by atoms with Gasteiger partial charge < -0.3 is 15.8 Å². The number of hydrogen-bond acceptors (Lipinski definition) is 3. The maximum absolute atomic E-state index is 12.1. The number of rotatable bonds is 5. The molecule has 1 fully saturated rings. The Morgan fingerprint density at radius 2 is 2.20 bits per heavy atom. The number of carbonyl (C=O) groups excluding carboxylic acids is 1. The number of hydrogen-bond donors (Lipinski definition) is 2. The summed E-state index contributed by atoms with van der Waals surface area (Å²) in [7, 11) is 0. The zero-order valence-electron chi connectivity index (χ0n) is 11.7. The van der Waals surface area contributed by atoms with Crippen LogP contribution in [0.1, 0.15) is 32.6 Å². The highest BCUT2D eigenvalue weighted by molar-refractivity contribution is 6.30. The number of amides is 1. The molecule has 110 valence electrons. The Morgan fingerprint density at radius 3 is 2.85 bits per heavy atom. The predicted octanol–water partition coefficient (Wildman–Crippen LogP) is 2.49. The van der Waals surface area contributed by atoms with Crippen molar-refractivity contribution in [2.45, 2.75) is 44.2 Å². The molecule has 0 heterocycles. The van der Waals surface area contributed by atoms with Crippen LogP contribution in [0.4, 0.5) is 0 Å². The molecule has 1 aromatic rings. The largest absolute Gasteiger partial charge is 0.489 e. The summed E-state index contributed by atoms with van der Waals surface area (Å²) in [6, 6.07) is 7.21. The van der Waals surface area contributed by atoms with Crippen molar-refractivity contribution in [3.8, 4) is 5.75 Å². The molecule has 1 unspecified atom stereocenters. The molecular formula is C15H21ClN2O2. The molecule has 0 aliphatic heterocycles. The van der Waals surface area contributed by atoms with Crippen LogP contribution in [0.15, 0.2) is 24.3 Å². The van der Waals surface area contributed by atoms with E-state index in [4.69, 9.17) is 22.1 Å². The smallest absolute Gasteiger partial charge is 0.240 e. The quantitative estimate of drug-likeness (QED) is 0.877. The van der Waals surface area contributed by atoms with Gasteiger partial charge in [0.25, 0.3) is 0 Å². The highest BCUT2D eigenvalue weighted by Gasteiger charge is 2.36. The molecular weight excluding hydrogens is 276 g/mol. The number of nitrogens with one attached hydrogen (secondary N) is 1. The van der Waals surface area contributed by atoms with Gasteiger partial charge in [0.15, 0.2) is 0 Å². The summed E-state index contributed by atoms with van der Waals surface area (Å²) in [5.41, 5.74) is 5.41. The van der Waals surface area contributed by atoms with Gasteiger partial charge in [-0.25, -0.2) is 0 Å². The number of halogens is 1. The number of nitrogens with two attached hydrogens (primary N) is 1. The molecule has 0 radical (unpaired) electrons. The summed E-state index contributed by atoms with van der Waals surface area (Å²) in [6.07, 6.45) is 3.45. The lowest BCUT2D eigenvalue weighted by atomic mass is 9.98. The van der Waals surface area contributed by atoms with Crippen molar-refractivity contribution in [2.75, 3.05) is 6.54 Å². The third-order valence-electron chi connectivity index (χ3n) is 3.63. The lowest BCUT2D eigenvalue weighted by Gasteiger charge is -2.24. The molecule has 1 atom stereocenters. The third-order valence-corrected chi connectivity index (χ3v) is 3.87. The fraction of sp³-hybridized carbons (Fsp3) is 0.533. The van der Waals surface area contributed by atoms with Gasteiger partial charge in [-0.2, -0.15) is 0 Å². The van der Waals surface area contributed by atoms with Crippen molar-refractivity contribution in [3.05, 3.63) is 29.3 Å². The first-order valence-corrected chi connectivity index (χ1v) is 7.37. The number of benzene rings is 1. The lowest BCUT2D eigenvalue weighted by molar-refractivity contribution is -0.126. The average molecular weight is 297 g/mol. The van der Waals surface area contributed by atoms with Gasteiger partial charge in [0.1, 0.15) is 11.9 Å². The summed E-state index contributed by atoms with van der Waals surface area (Å²) in [5, 5.41) is 3.51. The highest BCUT2D eigenvalue weighted by Crippen LogP contribution is 2.27. The topological polar surface area (TPSA) is 64.4 Å². The monoisotopic (exact) mass is 296 g/mol. The van der Waals surface area contributed by atoms with Crippen LogP contribution in [0.3, 0.4) is 0 Å². The van der Waals surface area contributed by atoms with E-state index in [9.17, 15) is 4.79 Å². The van der Waals surface area contributed by atoms with Crippen LogP contribution in [-0.2, 0) is 4.79 Å². The number of carbonyl (C=O) groups is 1. The van der Waals surface area contributed by atoms with Crippen molar-refractivity contribution < 1.29 is 9.53 Å². The SMILES string of the molecule is CC(CNC(=O)C1(N)CCCC1)Oc1cccc(Cl)c1. The minimum Gasteiger partial charge on any atom is -0.489 e. The van der Waals surface area contributed by atoms with Crippen LogP contribution < -0.4 is 15.8 Å². The average Bonchev–Trinajstić information content (AvgIpc) is 2.84. The lowest BCUT2D eigenvalue weighted by Crippen LogP contribution is -2.53. The van der Waals surface area contributed by atoms with Crippen LogP contribution >= 0.6 is 11.6 Å². The van der Waals surface area contributed by atoms with E-state index in [2.05, 4.69) is 5.32 Å². The second-order valence-corrected chi connectivity index (χ2v) is 5.90. The van der Waals surface area contributed by atoms with E-state index in [1.54, 1.807) is 12.1 Å². The van der Waals surface area contributed by atoms with Crippen LogP contribution in [-0.4, -0.2) is 24.1 Å². The van der Waals surface area contributed by atoms with Gasteiger partial charge >= 0.3 is 0 Å². The van der Waals surface area contributed by atoms with E-state index in [0.29, 0.717) is 17.3 Å². The molecule has 5 heteroatoms. The molecule has 2 rings (SSSR count). The van der Waals surface area contributed by atoms with Gasteiger partial charge in [0.2, 0.25) is 5.91 Å². The zero-order valence-corrected chi connectivity index (χ0v) is 12.5. The maximum atomic E-state index is 12.1. The second kappa shape index (κ2) is 6.46. The highest BCUT2D eigenvalue weighted by atomic mass is 35.5. The molecule has 0 bridgehead atoms. The Kier molecular flexibility index (Phi) is 4.89. The maximum Gasteiger partial charge on any atom is 0.240 e. The summed E-state index contributed by atoms with van der Waals surface area (Å²) < 4.78 is 5.70. The fourth-order valence-corrected chi connectivity index (χ4v) is 2.64. The van der Waals surface area contributed by atoms with Gasteiger partial charge in [-0.1, -0.05) is 30.5 Å². The van der Waals surface area contributed by atoms with Crippen LogP contribution in [0.5, 0.6) is 5.75 Å². The normalized spacial score (nSPS) is 18.6. The minimum absolute atomic E-state index is 0.0726. The molecule has 1 aliphatic rings. The number of ether oxygens (including phenoxy) is 1. The molecule has 1 aromatic carbocycles. The van der Waals surface area contributed by atoms with Crippen molar-refractivity contribution in [1.29, 1.82) is 0 Å². The Bertz CT molecular complexity index is 473. The Balaban J connectivity index is 1.80.